The van der Waals surface area contributed by atoms with Crippen molar-refractivity contribution >= 4 is 11.9 Å². The molecule has 1 fully saturated rings. The lowest BCUT2D eigenvalue weighted by atomic mass is 9.81. The molecule has 0 radical (unpaired) electrons. The monoisotopic (exact) mass is 244 g/mol. The first-order chi connectivity index (χ1) is 8.04. The number of aliphatic hydroxyl groups is 1. The van der Waals surface area contributed by atoms with Gasteiger partial charge >= 0.3 is 5.97 Å². The number of rotatable bonds is 5. The van der Waals surface area contributed by atoms with Crippen LogP contribution in [0, 0.1) is 11.8 Å². The third kappa shape index (κ3) is 4.32. The number of nitrogens with one attached hydrogen (secondary N) is 1. The van der Waals surface area contributed by atoms with E-state index in [0.717, 1.165) is 25.7 Å². The number of hydrogen-bond acceptors (Lipinski definition) is 4. The van der Waals surface area contributed by atoms with Gasteiger partial charge in [-0.1, -0.05) is 0 Å². The Bertz CT molecular complexity index is 275. The number of carbonyl (C=O) groups is 2. The van der Waals surface area contributed by atoms with Crippen LogP contribution < -0.4 is 11.1 Å². The first-order valence-corrected chi connectivity index (χ1v) is 5.93. The van der Waals surface area contributed by atoms with E-state index in [1.165, 1.54) is 0 Å². The Kier molecular flexibility index (Phi) is 5.37. The van der Waals surface area contributed by atoms with Crippen LogP contribution in [0.2, 0.25) is 0 Å². The lowest BCUT2D eigenvalue weighted by Gasteiger charge is -2.26. The van der Waals surface area contributed by atoms with Crippen LogP contribution in [0.15, 0.2) is 0 Å². The lowest BCUT2D eigenvalue weighted by molar-refractivity contribution is -0.146. The molecule has 1 aliphatic carbocycles. The van der Waals surface area contributed by atoms with Gasteiger partial charge in [0.1, 0.15) is 0 Å². The van der Waals surface area contributed by atoms with Crippen LogP contribution in [0.5, 0.6) is 0 Å². The molecule has 17 heavy (non-hydrogen) atoms. The van der Waals surface area contributed by atoms with Gasteiger partial charge in [0.15, 0.2) is 6.10 Å². The summed E-state index contributed by atoms with van der Waals surface area (Å²) in [5, 5.41) is 19.9. The second-order valence-electron chi connectivity index (χ2n) is 4.55. The van der Waals surface area contributed by atoms with Gasteiger partial charge in [-0.2, -0.15) is 0 Å². The van der Waals surface area contributed by atoms with Gasteiger partial charge in [-0.25, -0.2) is 4.79 Å². The predicted molar refractivity (Wildman–Crippen MR) is 61.2 cm³/mol. The Morgan fingerprint density at radius 2 is 1.88 bits per heavy atom. The fourth-order valence-corrected chi connectivity index (χ4v) is 2.09. The second-order valence-corrected chi connectivity index (χ2v) is 4.55. The number of aliphatic carboxylic acids is 1. The van der Waals surface area contributed by atoms with Crippen LogP contribution in [0.4, 0.5) is 0 Å². The summed E-state index contributed by atoms with van der Waals surface area (Å²) in [6.45, 7) is 0.428. The van der Waals surface area contributed by atoms with Crippen molar-refractivity contribution in [3.63, 3.8) is 0 Å². The van der Waals surface area contributed by atoms with Crippen LogP contribution in [0.3, 0.4) is 0 Å². The van der Waals surface area contributed by atoms with E-state index in [0.29, 0.717) is 12.5 Å². The predicted octanol–water partition coefficient (Wildman–Crippen LogP) is -0.687. The summed E-state index contributed by atoms with van der Waals surface area (Å²) < 4.78 is 0. The highest BCUT2D eigenvalue weighted by Gasteiger charge is 2.26. The normalized spacial score (nSPS) is 26.2. The largest absolute Gasteiger partial charge is 0.479 e. The number of nitrogens with two attached hydrogens (primary N) is 1. The second kappa shape index (κ2) is 6.56. The average molecular weight is 244 g/mol. The van der Waals surface area contributed by atoms with Gasteiger partial charge in [0.25, 0.3) is 0 Å². The lowest BCUT2D eigenvalue weighted by Crippen LogP contribution is -2.40. The van der Waals surface area contributed by atoms with E-state index < -0.39 is 12.1 Å². The maximum atomic E-state index is 11.7. The fraction of sp³-hybridized carbons (Fsp3) is 0.818. The quantitative estimate of drug-likeness (QED) is 0.511. The van der Waals surface area contributed by atoms with Gasteiger partial charge in [0.05, 0.1) is 6.54 Å². The first-order valence-electron chi connectivity index (χ1n) is 5.93. The van der Waals surface area contributed by atoms with Crippen molar-refractivity contribution in [1.82, 2.24) is 5.32 Å². The van der Waals surface area contributed by atoms with E-state index in [4.69, 9.17) is 15.9 Å². The highest BCUT2D eigenvalue weighted by Crippen LogP contribution is 2.27. The zero-order valence-corrected chi connectivity index (χ0v) is 9.76. The molecule has 1 atom stereocenters. The van der Waals surface area contributed by atoms with Crippen molar-refractivity contribution in [2.45, 2.75) is 31.8 Å². The third-order valence-corrected chi connectivity index (χ3v) is 3.31. The molecular weight excluding hydrogens is 224 g/mol. The van der Waals surface area contributed by atoms with Crippen LogP contribution in [0.25, 0.3) is 0 Å². The molecule has 1 saturated carbocycles. The van der Waals surface area contributed by atoms with Crippen LogP contribution in [-0.2, 0) is 9.59 Å². The molecule has 1 rings (SSSR count). The topological polar surface area (TPSA) is 113 Å². The van der Waals surface area contributed by atoms with E-state index in [1.807, 2.05) is 0 Å². The number of aliphatic hydroxyl groups excluding tert-OH is 1. The zero-order valence-electron chi connectivity index (χ0n) is 9.76. The van der Waals surface area contributed by atoms with Crippen molar-refractivity contribution in [3.8, 4) is 0 Å². The zero-order chi connectivity index (χ0) is 12.8. The summed E-state index contributed by atoms with van der Waals surface area (Å²) in [4.78, 5) is 22.0. The summed E-state index contributed by atoms with van der Waals surface area (Å²) in [6.07, 6.45) is 1.93. The van der Waals surface area contributed by atoms with Crippen molar-refractivity contribution in [1.29, 1.82) is 0 Å². The summed E-state index contributed by atoms with van der Waals surface area (Å²) >= 11 is 0. The highest BCUT2D eigenvalue weighted by atomic mass is 16.4. The van der Waals surface area contributed by atoms with E-state index in [9.17, 15) is 9.59 Å². The van der Waals surface area contributed by atoms with Gasteiger partial charge in [-0.15, -0.1) is 0 Å². The number of carboxylic acid groups (broad SMARTS) is 1. The molecular formula is C11H20N2O4. The minimum atomic E-state index is -1.53. The Morgan fingerprint density at radius 3 is 2.35 bits per heavy atom. The molecule has 0 aromatic heterocycles. The van der Waals surface area contributed by atoms with Gasteiger partial charge in [0, 0.05) is 5.92 Å². The minimum absolute atomic E-state index is 0.0706. The van der Waals surface area contributed by atoms with Gasteiger partial charge in [0.2, 0.25) is 5.91 Å². The Balaban J connectivity index is 2.27. The Hall–Kier alpha value is -1.14. The van der Waals surface area contributed by atoms with E-state index >= 15 is 0 Å². The van der Waals surface area contributed by atoms with Crippen LogP contribution in [-0.4, -0.2) is 41.3 Å². The summed E-state index contributed by atoms with van der Waals surface area (Å²) in [6, 6.07) is 0. The third-order valence-electron chi connectivity index (χ3n) is 3.31. The molecule has 0 aromatic rings. The van der Waals surface area contributed by atoms with E-state index in [1.54, 1.807) is 0 Å². The molecule has 5 N–H and O–H groups in total. The van der Waals surface area contributed by atoms with Gasteiger partial charge in [-0.05, 0) is 38.1 Å². The molecule has 6 nitrogen and oxygen atoms in total. The van der Waals surface area contributed by atoms with Crippen LogP contribution >= 0.6 is 0 Å². The number of carboxylic acids is 1. The molecule has 1 aliphatic rings. The molecule has 0 bridgehead atoms. The SMILES string of the molecule is NCC1CCC(C(=O)NCC(O)C(=O)O)CC1. The van der Waals surface area contributed by atoms with E-state index in [-0.39, 0.29) is 18.4 Å². The number of hydrogen-bond donors (Lipinski definition) is 4. The molecule has 6 heteroatoms. The molecule has 0 spiro atoms. The van der Waals surface area contributed by atoms with Gasteiger partial charge < -0.3 is 21.3 Å². The first kappa shape index (κ1) is 13.9. The summed E-state index contributed by atoms with van der Waals surface area (Å²) in [5.41, 5.74) is 5.56. The molecule has 0 heterocycles. The molecule has 98 valence electrons. The van der Waals surface area contributed by atoms with Crippen LogP contribution in [0.1, 0.15) is 25.7 Å². The van der Waals surface area contributed by atoms with Crippen molar-refractivity contribution in [2.24, 2.45) is 17.6 Å². The number of amides is 1. The molecule has 1 unspecified atom stereocenters. The molecule has 1 amide bonds. The van der Waals surface area contributed by atoms with Crippen molar-refractivity contribution < 1.29 is 19.8 Å². The summed E-state index contributed by atoms with van der Waals surface area (Å²) in [5.74, 6) is -1.06. The standard InChI is InChI=1S/C11H20N2O4/c12-5-7-1-3-8(4-2-7)10(15)13-6-9(14)11(16)17/h7-9,14H,1-6,12H2,(H,13,15)(H,16,17). The molecule has 0 aliphatic heterocycles. The average Bonchev–Trinajstić information content (AvgIpc) is 2.35. The fourth-order valence-electron chi connectivity index (χ4n) is 2.09. The minimum Gasteiger partial charge on any atom is -0.479 e. The molecule has 0 aromatic carbocycles. The van der Waals surface area contributed by atoms with Gasteiger partial charge in [-0.3, -0.25) is 4.79 Å². The smallest absolute Gasteiger partial charge is 0.334 e. The van der Waals surface area contributed by atoms with E-state index in [2.05, 4.69) is 5.32 Å². The van der Waals surface area contributed by atoms with Crippen molar-refractivity contribution in [2.75, 3.05) is 13.1 Å². The number of carbonyl (C=O) groups excluding carboxylic acids is 1. The highest BCUT2D eigenvalue weighted by molar-refractivity contribution is 5.80. The summed E-state index contributed by atoms with van der Waals surface area (Å²) in [7, 11) is 0. The maximum absolute atomic E-state index is 11.7. The van der Waals surface area contributed by atoms with Crippen molar-refractivity contribution in [3.05, 3.63) is 0 Å². The Labute approximate surface area is 100 Å². The molecule has 0 saturated heterocycles. The Morgan fingerprint density at radius 1 is 1.29 bits per heavy atom. The maximum Gasteiger partial charge on any atom is 0.334 e.